The van der Waals surface area contributed by atoms with E-state index in [4.69, 9.17) is 15.3 Å². The van der Waals surface area contributed by atoms with E-state index in [-0.39, 0.29) is 5.56 Å². The first-order chi connectivity index (χ1) is 7.88. The van der Waals surface area contributed by atoms with E-state index in [0.29, 0.717) is 6.07 Å². The minimum atomic E-state index is -4.63. The third-order valence-corrected chi connectivity index (χ3v) is 1.90. The molecule has 0 saturated heterocycles. The molecule has 0 aliphatic carbocycles. The van der Waals surface area contributed by atoms with Crippen LogP contribution in [0.25, 0.3) is 0 Å². The van der Waals surface area contributed by atoms with Crippen LogP contribution in [0.4, 0.5) is 13.2 Å². The summed E-state index contributed by atoms with van der Waals surface area (Å²) in [6.45, 7) is 1.33. The molecule has 0 fully saturated rings. The van der Waals surface area contributed by atoms with Crippen LogP contribution in [0.15, 0.2) is 18.2 Å². The van der Waals surface area contributed by atoms with E-state index in [1.54, 1.807) is 12.1 Å². The summed E-state index contributed by atoms with van der Waals surface area (Å²) in [4.78, 5) is 0. The first-order valence-corrected chi connectivity index (χ1v) is 4.56. The molecule has 0 aromatic heterocycles. The summed E-state index contributed by atoms with van der Waals surface area (Å²) >= 11 is 0. The lowest BCUT2D eigenvalue weighted by Crippen LogP contribution is -2.14. The van der Waals surface area contributed by atoms with Crippen LogP contribution in [0.5, 0.6) is 5.75 Å². The van der Waals surface area contributed by atoms with Gasteiger partial charge in [0.05, 0.1) is 17.2 Å². The van der Waals surface area contributed by atoms with Crippen molar-refractivity contribution in [2.45, 2.75) is 19.2 Å². The van der Waals surface area contributed by atoms with Crippen LogP contribution in [0.2, 0.25) is 0 Å². The molecule has 0 bridgehead atoms. The second-order valence-electron chi connectivity index (χ2n) is 3.21. The Bertz CT molecular complexity index is 497. The quantitative estimate of drug-likeness (QED) is 0.798. The van der Waals surface area contributed by atoms with Crippen molar-refractivity contribution >= 4 is 0 Å². The van der Waals surface area contributed by atoms with Gasteiger partial charge in [-0.2, -0.15) is 23.7 Å². The van der Waals surface area contributed by atoms with E-state index in [9.17, 15) is 13.2 Å². The molecule has 1 aromatic rings. The molecule has 88 valence electrons. The number of hydrogen-bond acceptors (Lipinski definition) is 3. The average molecular weight is 240 g/mol. The Morgan fingerprint density at radius 1 is 1.29 bits per heavy atom. The SMILES string of the molecule is CC(C#N)Oc1ccc(C#N)cc1C(F)(F)F. The predicted molar refractivity (Wildman–Crippen MR) is 51.9 cm³/mol. The molecular formula is C11H7F3N2O. The zero-order valence-corrected chi connectivity index (χ0v) is 8.75. The minimum Gasteiger partial charge on any atom is -0.475 e. The Hall–Kier alpha value is -2.21. The van der Waals surface area contributed by atoms with Crippen molar-refractivity contribution in [2.75, 3.05) is 0 Å². The molecule has 6 heteroatoms. The van der Waals surface area contributed by atoms with Gasteiger partial charge < -0.3 is 4.74 Å². The Morgan fingerprint density at radius 2 is 1.94 bits per heavy atom. The highest BCUT2D eigenvalue weighted by Crippen LogP contribution is 2.37. The van der Waals surface area contributed by atoms with Crippen molar-refractivity contribution in [1.29, 1.82) is 10.5 Å². The third-order valence-electron chi connectivity index (χ3n) is 1.90. The van der Waals surface area contributed by atoms with Crippen LogP contribution in [0.1, 0.15) is 18.1 Å². The number of benzene rings is 1. The Labute approximate surface area is 95.7 Å². The second kappa shape index (κ2) is 4.75. The molecule has 0 N–H and O–H groups in total. The maximum atomic E-state index is 12.6. The fraction of sp³-hybridized carbons (Fsp3) is 0.273. The highest BCUT2D eigenvalue weighted by molar-refractivity contribution is 5.43. The molecule has 17 heavy (non-hydrogen) atoms. The lowest BCUT2D eigenvalue weighted by molar-refractivity contribution is -0.139. The van der Waals surface area contributed by atoms with Gasteiger partial charge in [-0.25, -0.2) is 0 Å². The Kier molecular flexibility index (Phi) is 3.59. The van der Waals surface area contributed by atoms with Crippen LogP contribution >= 0.6 is 0 Å². The fourth-order valence-corrected chi connectivity index (χ4v) is 1.14. The third kappa shape index (κ3) is 3.12. The van der Waals surface area contributed by atoms with E-state index in [1.165, 1.54) is 13.0 Å². The first-order valence-electron chi connectivity index (χ1n) is 4.56. The van der Waals surface area contributed by atoms with Crippen LogP contribution in [0.3, 0.4) is 0 Å². The molecule has 3 nitrogen and oxygen atoms in total. The van der Waals surface area contributed by atoms with Gasteiger partial charge in [-0.3, -0.25) is 0 Å². The van der Waals surface area contributed by atoms with Gasteiger partial charge in [0.1, 0.15) is 11.8 Å². The topological polar surface area (TPSA) is 56.8 Å². The minimum absolute atomic E-state index is 0.116. The molecule has 0 heterocycles. The van der Waals surface area contributed by atoms with Crippen LogP contribution in [-0.2, 0) is 6.18 Å². The van der Waals surface area contributed by atoms with Crippen molar-refractivity contribution < 1.29 is 17.9 Å². The summed E-state index contributed by atoms with van der Waals surface area (Å²) in [6, 6.07) is 6.21. The number of nitrogens with zero attached hydrogens (tertiary/aromatic N) is 2. The maximum Gasteiger partial charge on any atom is 0.420 e. The molecule has 0 aliphatic rings. The summed E-state index contributed by atoms with van der Waals surface area (Å²) < 4.78 is 42.8. The zero-order valence-electron chi connectivity index (χ0n) is 8.75. The van der Waals surface area contributed by atoms with Crippen molar-refractivity contribution in [2.24, 2.45) is 0 Å². The summed E-state index contributed by atoms with van der Waals surface area (Å²) in [6.07, 6.45) is -5.62. The number of alkyl halides is 3. The largest absolute Gasteiger partial charge is 0.475 e. The molecule has 1 rings (SSSR count). The highest BCUT2D eigenvalue weighted by atomic mass is 19.4. The van der Waals surface area contributed by atoms with Crippen LogP contribution in [-0.4, -0.2) is 6.10 Å². The van der Waals surface area contributed by atoms with E-state index >= 15 is 0 Å². The van der Waals surface area contributed by atoms with E-state index in [2.05, 4.69) is 0 Å². The van der Waals surface area contributed by atoms with E-state index in [0.717, 1.165) is 6.07 Å². The molecule has 1 unspecified atom stereocenters. The Morgan fingerprint density at radius 3 is 2.41 bits per heavy atom. The van der Waals surface area contributed by atoms with E-state index < -0.39 is 23.6 Å². The summed E-state index contributed by atoms with van der Waals surface area (Å²) in [5.41, 5.74) is -1.17. The van der Waals surface area contributed by atoms with Crippen molar-refractivity contribution in [3.63, 3.8) is 0 Å². The smallest absolute Gasteiger partial charge is 0.420 e. The van der Waals surface area contributed by atoms with Gasteiger partial charge in [0.25, 0.3) is 0 Å². The zero-order chi connectivity index (χ0) is 13.1. The summed E-state index contributed by atoms with van der Waals surface area (Å²) in [5.74, 6) is -0.453. The van der Waals surface area contributed by atoms with Gasteiger partial charge >= 0.3 is 6.18 Å². The molecule has 1 aromatic carbocycles. The predicted octanol–water partition coefficient (Wildman–Crippen LogP) is 2.87. The average Bonchev–Trinajstić information content (AvgIpc) is 2.28. The summed E-state index contributed by atoms with van der Waals surface area (Å²) in [5, 5.41) is 17.0. The molecule has 0 saturated carbocycles. The van der Waals surface area contributed by atoms with Crippen LogP contribution < -0.4 is 4.74 Å². The van der Waals surface area contributed by atoms with Crippen LogP contribution in [0, 0.1) is 22.7 Å². The molecule has 0 amide bonds. The van der Waals surface area contributed by atoms with Gasteiger partial charge in [0, 0.05) is 0 Å². The fourth-order valence-electron chi connectivity index (χ4n) is 1.14. The summed E-state index contributed by atoms with van der Waals surface area (Å²) in [7, 11) is 0. The maximum absolute atomic E-state index is 12.6. The molecule has 1 atom stereocenters. The number of halogens is 3. The standard InChI is InChI=1S/C11H7F3N2O/c1-7(5-15)17-10-3-2-8(6-16)4-9(10)11(12,13)14/h2-4,7H,1H3. The number of rotatable bonds is 2. The first kappa shape index (κ1) is 12.9. The van der Waals surface area contributed by atoms with E-state index in [1.807, 2.05) is 0 Å². The lowest BCUT2D eigenvalue weighted by atomic mass is 10.1. The Balaban J connectivity index is 3.23. The van der Waals surface area contributed by atoms with Crippen molar-refractivity contribution in [3.05, 3.63) is 29.3 Å². The normalized spacial score (nSPS) is 12.4. The molecular weight excluding hydrogens is 233 g/mol. The highest BCUT2D eigenvalue weighted by Gasteiger charge is 2.35. The van der Waals surface area contributed by atoms with Gasteiger partial charge in [0.2, 0.25) is 0 Å². The van der Waals surface area contributed by atoms with Crippen molar-refractivity contribution in [1.82, 2.24) is 0 Å². The van der Waals surface area contributed by atoms with Gasteiger partial charge in [-0.15, -0.1) is 0 Å². The second-order valence-corrected chi connectivity index (χ2v) is 3.21. The monoisotopic (exact) mass is 240 g/mol. The number of nitriles is 2. The number of hydrogen-bond donors (Lipinski definition) is 0. The molecule has 0 spiro atoms. The van der Waals surface area contributed by atoms with Crippen molar-refractivity contribution in [3.8, 4) is 17.9 Å². The number of ether oxygens (including phenoxy) is 1. The molecule has 0 aliphatic heterocycles. The molecule has 0 radical (unpaired) electrons. The van der Waals surface area contributed by atoms with Gasteiger partial charge in [-0.1, -0.05) is 0 Å². The van der Waals surface area contributed by atoms with Gasteiger partial charge in [0.15, 0.2) is 6.10 Å². The lowest BCUT2D eigenvalue weighted by Gasteiger charge is -2.15. The van der Waals surface area contributed by atoms with Gasteiger partial charge in [-0.05, 0) is 25.1 Å².